The van der Waals surface area contributed by atoms with E-state index in [4.69, 9.17) is 11.6 Å². The summed E-state index contributed by atoms with van der Waals surface area (Å²) in [6.07, 6.45) is 2.89. The van der Waals surface area contributed by atoms with Crippen molar-refractivity contribution >= 4 is 29.2 Å². The number of hydrogen-bond acceptors (Lipinski definition) is 6. The minimum absolute atomic E-state index is 0.00394. The lowest BCUT2D eigenvalue weighted by Crippen LogP contribution is -2.27. The fraction of sp³-hybridized carbons (Fsp3) is 0.273. The van der Waals surface area contributed by atoms with Crippen molar-refractivity contribution in [2.45, 2.75) is 6.92 Å². The van der Waals surface area contributed by atoms with Crippen LogP contribution < -0.4 is 5.32 Å². The van der Waals surface area contributed by atoms with Crippen molar-refractivity contribution in [3.05, 3.63) is 28.9 Å². The Morgan fingerprint density at radius 2 is 2.35 bits per heavy atom. The second kappa shape index (κ2) is 5.74. The van der Waals surface area contributed by atoms with Crippen LogP contribution in [-0.4, -0.2) is 50.5 Å². The van der Waals surface area contributed by atoms with E-state index in [1.807, 2.05) is 0 Å². The smallest absolute Gasteiger partial charge is 0.263 e. The van der Waals surface area contributed by atoms with Gasteiger partial charge in [-0.25, -0.2) is 5.10 Å². The van der Waals surface area contributed by atoms with Gasteiger partial charge < -0.3 is 10.0 Å². The molecule has 0 saturated heterocycles. The van der Waals surface area contributed by atoms with Gasteiger partial charge in [-0.2, -0.15) is 10.1 Å². The molecule has 9 heteroatoms. The van der Waals surface area contributed by atoms with Crippen LogP contribution in [0.1, 0.15) is 6.92 Å². The molecule has 106 valence electrons. The molecule has 0 aromatic carbocycles. The fourth-order valence-electron chi connectivity index (χ4n) is 1.63. The van der Waals surface area contributed by atoms with Crippen molar-refractivity contribution < 1.29 is 9.90 Å². The summed E-state index contributed by atoms with van der Waals surface area (Å²) in [5.41, 5.74) is 0.234. The van der Waals surface area contributed by atoms with E-state index in [9.17, 15) is 9.90 Å². The Morgan fingerprint density at radius 3 is 2.90 bits per heavy atom. The number of anilines is 1. The Morgan fingerprint density at radius 1 is 1.60 bits per heavy atom. The van der Waals surface area contributed by atoms with Crippen LogP contribution in [0.3, 0.4) is 0 Å². The maximum Gasteiger partial charge on any atom is 0.263 e. The van der Waals surface area contributed by atoms with Crippen molar-refractivity contribution in [3.8, 4) is 0 Å². The fourth-order valence-corrected chi connectivity index (χ4v) is 1.95. The van der Waals surface area contributed by atoms with Crippen molar-refractivity contribution in [3.63, 3.8) is 0 Å². The van der Waals surface area contributed by atoms with E-state index in [2.05, 4.69) is 25.5 Å². The number of H-pyrrole nitrogens is 1. The van der Waals surface area contributed by atoms with E-state index in [0.29, 0.717) is 6.67 Å². The van der Waals surface area contributed by atoms with Crippen LogP contribution in [-0.2, 0) is 4.79 Å². The number of aliphatic imine (C=N–C) groups is 1. The molecular formula is C11H13ClN6O2. The molecule has 2 rings (SSSR count). The van der Waals surface area contributed by atoms with E-state index in [1.165, 1.54) is 13.3 Å². The molecule has 0 unspecified atom stereocenters. The standard InChI is InChI=1S/C11H13ClN6O2/c1-6(19)8(9-7(12)3-18(2)5-14-9)10(20)16-11-13-4-15-17-11/h3-4,19H,5H2,1-2H3,(H2,13,15,16,17,20)/b8-6+. The van der Waals surface area contributed by atoms with Gasteiger partial charge in [0.25, 0.3) is 5.91 Å². The highest BCUT2D eigenvalue weighted by atomic mass is 35.5. The molecule has 1 amide bonds. The number of aromatic nitrogens is 3. The minimum atomic E-state index is -0.573. The molecule has 1 aromatic heterocycles. The third kappa shape index (κ3) is 2.97. The maximum atomic E-state index is 12.2. The third-order valence-corrected chi connectivity index (χ3v) is 2.76. The van der Waals surface area contributed by atoms with Crippen LogP contribution in [0, 0.1) is 0 Å². The van der Waals surface area contributed by atoms with Crippen molar-refractivity contribution in [2.24, 2.45) is 4.99 Å². The summed E-state index contributed by atoms with van der Waals surface area (Å²) in [4.78, 5) is 21.9. The van der Waals surface area contributed by atoms with Gasteiger partial charge in [0.2, 0.25) is 5.95 Å². The lowest BCUT2D eigenvalue weighted by Gasteiger charge is -2.20. The van der Waals surface area contributed by atoms with Crippen LogP contribution in [0.4, 0.5) is 5.95 Å². The predicted molar refractivity (Wildman–Crippen MR) is 74.3 cm³/mol. The molecule has 8 nitrogen and oxygen atoms in total. The number of rotatable bonds is 3. The molecule has 0 aliphatic carbocycles. The van der Waals surface area contributed by atoms with Crippen molar-refractivity contribution in [1.29, 1.82) is 0 Å². The summed E-state index contributed by atoms with van der Waals surface area (Å²) in [6, 6.07) is 0. The summed E-state index contributed by atoms with van der Waals surface area (Å²) in [7, 11) is 1.80. The Hall–Kier alpha value is -2.35. The van der Waals surface area contributed by atoms with E-state index in [-0.39, 0.29) is 28.0 Å². The highest BCUT2D eigenvalue weighted by molar-refractivity contribution is 6.50. The largest absolute Gasteiger partial charge is 0.512 e. The van der Waals surface area contributed by atoms with E-state index in [0.717, 1.165) is 0 Å². The van der Waals surface area contributed by atoms with E-state index < -0.39 is 5.91 Å². The first-order chi connectivity index (χ1) is 9.49. The lowest BCUT2D eigenvalue weighted by atomic mass is 10.1. The van der Waals surface area contributed by atoms with Crippen LogP contribution in [0.2, 0.25) is 0 Å². The molecule has 0 atom stereocenters. The van der Waals surface area contributed by atoms with Crippen LogP contribution >= 0.6 is 11.6 Å². The van der Waals surface area contributed by atoms with Gasteiger partial charge in [0.15, 0.2) is 0 Å². The molecule has 2 heterocycles. The maximum absolute atomic E-state index is 12.2. The molecule has 3 N–H and O–H groups in total. The first-order valence-electron chi connectivity index (χ1n) is 5.68. The molecule has 0 bridgehead atoms. The summed E-state index contributed by atoms with van der Waals surface area (Å²) in [5, 5.41) is 18.6. The topological polar surface area (TPSA) is 106 Å². The number of carbonyl (C=O) groups excluding carboxylic acids is 1. The zero-order chi connectivity index (χ0) is 14.7. The molecular weight excluding hydrogens is 284 g/mol. The first-order valence-corrected chi connectivity index (χ1v) is 6.06. The van der Waals surface area contributed by atoms with Gasteiger partial charge in [-0.05, 0) is 6.92 Å². The number of halogens is 1. The molecule has 1 aliphatic rings. The Balaban J connectivity index is 2.27. The number of allylic oxidation sites excluding steroid dienone is 2. The van der Waals surface area contributed by atoms with Crippen LogP contribution in [0.15, 0.2) is 33.9 Å². The van der Waals surface area contributed by atoms with Gasteiger partial charge in [-0.15, -0.1) is 0 Å². The van der Waals surface area contributed by atoms with Crippen molar-refractivity contribution in [1.82, 2.24) is 20.1 Å². The molecule has 0 radical (unpaired) electrons. The molecule has 0 saturated carbocycles. The van der Waals surface area contributed by atoms with E-state index in [1.54, 1.807) is 18.1 Å². The average Bonchev–Trinajstić information content (AvgIpc) is 2.84. The second-order valence-corrected chi connectivity index (χ2v) is 4.54. The number of carbonyl (C=O) groups is 1. The van der Waals surface area contributed by atoms with E-state index >= 15 is 0 Å². The van der Waals surface area contributed by atoms with Crippen LogP contribution in [0.5, 0.6) is 0 Å². The monoisotopic (exact) mass is 296 g/mol. The third-order valence-electron chi connectivity index (χ3n) is 2.48. The van der Waals surface area contributed by atoms with Gasteiger partial charge in [0.05, 0.1) is 10.7 Å². The van der Waals surface area contributed by atoms with Gasteiger partial charge >= 0.3 is 0 Å². The highest BCUT2D eigenvalue weighted by Gasteiger charge is 2.24. The number of aliphatic hydroxyl groups excluding tert-OH is 1. The Labute approximate surface area is 119 Å². The number of aliphatic hydroxyl groups is 1. The zero-order valence-electron chi connectivity index (χ0n) is 10.9. The number of nitrogens with zero attached hydrogens (tertiary/aromatic N) is 4. The zero-order valence-corrected chi connectivity index (χ0v) is 11.6. The SMILES string of the molecule is C/C(O)=C(\C(=O)Nc1ncn[nH]1)C1=NCN(C)C=C1Cl. The summed E-state index contributed by atoms with van der Waals surface area (Å²) >= 11 is 6.07. The minimum Gasteiger partial charge on any atom is -0.512 e. The Bertz CT molecular complexity index is 600. The summed E-state index contributed by atoms with van der Waals surface area (Å²) in [5.74, 6) is -0.587. The predicted octanol–water partition coefficient (Wildman–Crippen LogP) is 0.999. The molecule has 0 fully saturated rings. The number of hydrogen-bond donors (Lipinski definition) is 3. The summed E-state index contributed by atoms with van der Waals surface area (Å²) in [6.45, 7) is 1.73. The summed E-state index contributed by atoms with van der Waals surface area (Å²) < 4.78 is 0. The van der Waals surface area contributed by atoms with Crippen LogP contribution in [0.25, 0.3) is 0 Å². The number of amides is 1. The molecule has 0 spiro atoms. The van der Waals surface area contributed by atoms with Gasteiger partial charge in [0.1, 0.15) is 24.3 Å². The lowest BCUT2D eigenvalue weighted by molar-refractivity contribution is -0.112. The molecule has 1 aliphatic heterocycles. The van der Waals surface area contributed by atoms with Gasteiger partial charge in [0, 0.05) is 13.2 Å². The van der Waals surface area contributed by atoms with Gasteiger partial charge in [-0.3, -0.25) is 15.1 Å². The highest BCUT2D eigenvalue weighted by Crippen LogP contribution is 2.20. The molecule has 20 heavy (non-hydrogen) atoms. The normalized spacial score (nSPS) is 16.2. The van der Waals surface area contributed by atoms with Gasteiger partial charge in [-0.1, -0.05) is 11.6 Å². The Kier molecular flexibility index (Phi) is 4.04. The number of nitrogens with one attached hydrogen (secondary N) is 2. The second-order valence-electron chi connectivity index (χ2n) is 4.13. The number of aromatic amines is 1. The molecule has 1 aromatic rings. The average molecular weight is 297 g/mol. The van der Waals surface area contributed by atoms with Crippen molar-refractivity contribution in [2.75, 3.05) is 19.0 Å². The first kappa shape index (κ1) is 14.1. The quantitative estimate of drug-likeness (QED) is 0.570.